The third-order valence-electron chi connectivity index (χ3n) is 3.06. The van der Waals surface area contributed by atoms with Gasteiger partial charge in [-0.25, -0.2) is 9.37 Å². The molecule has 6 heteroatoms. The maximum Gasteiger partial charge on any atom is 0.201 e. The van der Waals surface area contributed by atoms with E-state index in [9.17, 15) is 4.39 Å². The summed E-state index contributed by atoms with van der Waals surface area (Å²) in [5, 5.41) is 0. The van der Waals surface area contributed by atoms with Crippen LogP contribution in [0.4, 0.5) is 10.3 Å². The van der Waals surface area contributed by atoms with Crippen molar-refractivity contribution in [1.29, 1.82) is 0 Å². The predicted octanol–water partition coefficient (Wildman–Crippen LogP) is 2.31. The number of hydrogen-bond donors (Lipinski definition) is 1. The molecule has 1 aromatic heterocycles. The van der Waals surface area contributed by atoms with Gasteiger partial charge in [0, 0.05) is 19.2 Å². The van der Waals surface area contributed by atoms with E-state index in [-0.39, 0.29) is 5.82 Å². The Morgan fingerprint density at radius 2 is 2.22 bits per heavy atom. The fourth-order valence-electron chi connectivity index (χ4n) is 1.80. The standard InChI is InChI=1S/C12H16FIN4/c1-3-17(2)4-5-18-11-6-8(13)9(14)7-10(11)16-12(18)15/h6-7H,3-5H2,1-2H3,(H2,15,16). The number of nitrogens with zero attached hydrogens (tertiary/aromatic N) is 3. The minimum absolute atomic E-state index is 0.229. The molecule has 1 heterocycles. The maximum absolute atomic E-state index is 13.6. The van der Waals surface area contributed by atoms with Crippen molar-refractivity contribution in [2.24, 2.45) is 0 Å². The van der Waals surface area contributed by atoms with Crippen molar-refractivity contribution in [1.82, 2.24) is 14.5 Å². The van der Waals surface area contributed by atoms with Crippen LogP contribution in [0.1, 0.15) is 6.92 Å². The topological polar surface area (TPSA) is 47.1 Å². The first-order chi connectivity index (χ1) is 8.52. The van der Waals surface area contributed by atoms with Crippen molar-refractivity contribution >= 4 is 39.6 Å². The van der Waals surface area contributed by atoms with Gasteiger partial charge in [-0.2, -0.15) is 0 Å². The maximum atomic E-state index is 13.6. The van der Waals surface area contributed by atoms with E-state index in [1.54, 1.807) is 6.07 Å². The second kappa shape index (κ2) is 5.40. The molecule has 98 valence electrons. The molecule has 0 spiro atoms. The van der Waals surface area contributed by atoms with E-state index in [0.29, 0.717) is 16.1 Å². The number of nitrogen functional groups attached to an aromatic ring is 1. The lowest BCUT2D eigenvalue weighted by Crippen LogP contribution is -2.23. The summed E-state index contributed by atoms with van der Waals surface area (Å²) in [5.41, 5.74) is 7.40. The number of imidazole rings is 1. The Bertz CT molecular complexity index is 567. The Hall–Kier alpha value is -0.890. The van der Waals surface area contributed by atoms with Gasteiger partial charge >= 0.3 is 0 Å². The van der Waals surface area contributed by atoms with Gasteiger partial charge in [0.1, 0.15) is 5.82 Å². The molecule has 0 amide bonds. The van der Waals surface area contributed by atoms with Gasteiger partial charge in [0.2, 0.25) is 5.95 Å². The van der Waals surface area contributed by atoms with Crippen LogP contribution < -0.4 is 5.73 Å². The molecule has 0 saturated heterocycles. The van der Waals surface area contributed by atoms with Crippen LogP contribution in [0.5, 0.6) is 0 Å². The molecule has 0 atom stereocenters. The summed E-state index contributed by atoms with van der Waals surface area (Å²) in [6.45, 7) is 4.64. The van der Waals surface area contributed by atoms with E-state index >= 15 is 0 Å². The van der Waals surface area contributed by atoms with Crippen LogP contribution in [-0.2, 0) is 6.54 Å². The van der Waals surface area contributed by atoms with Crippen molar-refractivity contribution in [2.45, 2.75) is 13.5 Å². The molecule has 0 aliphatic heterocycles. The van der Waals surface area contributed by atoms with Gasteiger partial charge in [-0.1, -0.05) is 6.92 Å². The van der Waals surface area contributed by atoms with E-state index in [1.807, 2.05) is 34.2 Å². The minimum atomic E-state index is -0.229. The summed E-state index contributed by atoms with van der Waals surface area (Å²) in [6.07, 6.45) is 0. The van der Waals surface area contributed by atoms with Crippen LogP contribution in [-0.4, -0.2) is 34.6 Å². The van der Waals surface area contributed by atoms with Gasteiger partial charge in [0.05, 0.1) is 14.6 Å². The van der Waals surface area contributed by atoms with Crippen molar-refractivity contribution in [3.05, 3.63) is 21.5 Å². The van der Waals surface area contributed by atoms with Gasteiger partial charge in [0.15, 0.2) is 0 Å². The van der Waals surface area contributed by atoms with Gasteiger partial charge in [-0.05, 0) is 42.2 Å². The molecule has 0 saturated carbocycles. The molecule has 0 bridgehead atoms. The third-order valence-corrected chi connectivity index (χ3v) is 3.89. The SMILES string of the molecule is CCN(C)CCn1c(N)nc2cc(I)c(F)cc21. The summed E-state index contributed by atoms with van der Waals surface area (Å²) < 4.78 is 16.0. The molecule has 0 aliphatic carbocycles. The van der Waals surface area contributed by atoms with Crippen molar-refractivity contribution in [3.63, 3.8) is 0 Å². The Balaban J connectivity index is 2.37. The zero-order chi connectivity index (χ0) is 13.3. The van der Waals surface area contributed by atoms with E-state index in [0.717, 1.165) is 24.1 Å². The monoisotopic (exact) mass is 362 g/mol. The van der Waals surface area contributed by atoms with Gasteiger partial charge in [-0.15, -0.1) is 0 Å². The van der Waals surface area contributed by atoms with Crippen molar-refractivity contribution in [3.8, 4) is 0 Å². The second-order valence-corrected chi connectivity index (χ2v) is 5.43. The summed E-state index contributed by atoms with van der Waals surface area (Å²) in [7, 11) is 2.04. The van der Waals surface area contributed by atoms with E-state index in [2.05, 4.69) is 16.8 Å². The molecule has 0 fully saturated rings. The molecule has 2 N–H and O–H groups in total. The number of likely N-dealkylation sites (N-methyl/N-ethyl adjacent to an activating group) is 1. The molecule has 0 unspecified atom stereocenters. The summed E-state index contributed by atoms with van der Waals surface area (Å²) in [5.74, 6) is 0.212. The highest BCUT2D eigenvalue weighted by atomic mass is 127. The lowest BCUT2D eigenvalue weighted by molar-refractivity contribution is 0.338. The number of hydrogen-bond acceptors (Lipinski definition) is 3. The lowest BCUT2D eigenvalue weighted by atomic mass is 10.3. The smallest absolute Gasteiger partial charge is 0.201 e. The number of benzene rings is 1. The van der Waals surface area contributed by atoms with Crippen LogP contribution in [0.25, 0.3) is 11.0 Å². The van der Waals surface area contributed by atoms with Crippen LogP contribution in [0, 0.1) is 9.39 Å². The highest BCUT2D eigenvalue weighted by Crippen LogP contribution is 2.22. The summed E-state index contributed by atoms with van der Waals surface area (Å²) >= 11 is 1.96. The van der Waals surface area contributed by atoms with Crippen molar-refractivity contribution in [2.75, 3.05) is 25.9 Å². The number of anilines is 1. The second-order valence-electron chi connectivity index (χ2n) is 4.27. The van der Waals surface area contributed by atoms with Gasteiger partial charge < -0.3 is 15.2 Å². The summed E-state index contributed by atoms with van der Waals surface area (Å²) in [6, 6.07) is 3.23. The van der Waals surface area contributed by atoms with Crippen molar-refractivity contribution < 1.29 is 4.39 Å². The zero-order valence-electron chi connectivity index (χ0n) is 10.5. The molecular weight excluding hydrogens is 346 g/mol. The van der Waals surface area contributed by atoms with E-state index in [4.69, 9.17) is 5.73 Å². The number of aromatic nitrogens is 2. The lowest BCUT2D eigenvalue weighted by Gasteiger charge is -2.15. The van der Waals surface area contributed by atoms with Crippen LogP contribution in [0.15, 0.2) is 12.1 Å². The molecule has 2 rings (SSSR count). The minimum Gasteiger partial charge on any atom is -0.369 e. The molecular formula is C12H16FIN4. The van der Waals surface area contributed by atoms with Gasteiger partial charge in [0.25, 0.3) is 0 Å². The Labute approximate surface area is 119 Å². The average molecular weight is 362 g/mol. The number of fused-ring (bicyclic) bond motifs is 1. The fourth-order valence-corrected chi connectivity index (χ4v) is 2.25. The first kappa shape index (κ1) is 13.5. The molecule has 0 radical (unpaired) electrons. The predicted molar refractivity (Wildman–Crippen MR) is 80.0 cm³/mol. The van der Waals surface area contributed by atoms with Gasteiger partial charge in [-0.3, -0.25) is 0 Å². The highest BCUT2D eigenvalue weighted by Gasteiger charge is 2.11. The van der Waals surface area contributed by atoms with E-state index < -0.39 is 0 Å². The quantitative estimate of drug-likeness (QED) is 0.850. The third kappa shape index (κ3) is 2.59. The number of nitrogens with two attached hydrogens (primary N) is 1. The Kier molecular flexibility index (Phi) is 4.06. The summed E-state index contributed by atoms with van der Waals surface area (Å²) in [4.78, 5) is 6.44. The van der Waals surface area contributed by atoms with Crippen LogP contribution in [0.3, 0.4) is 0 Å². The first-order valence-corrected chi connectivity index (χ1v) is 6.90. The number of rotatable bonds is 4. The first-order valence-electron chi connectivity index (χ1n) is 5.82. The number of halogens is 2. The van der Waals surface area contributed by atoms with Crippen LogP contribution in [0.2, 0.25) is 0 Å². The zero-order valence-corrected chi connectivity index (χ0v) is 12.6. The fraction of sp³-hybridized carbons (Fsp3) is 0.417. The molecule has 4 nitrogen and oxygen atoms in total. The Morgan fingerprint density at radius 3 is 2.89 bits per heavy atom. The molecule has 0 aliphatic rings. The molecule has 1 aromatic carbocycles. The van der Waals surface area contributed by atoms with Crippen LogP contribution >= 0.6 is 22.6 Å². The van der Waals surface area contributed by atoms with E-state index in [1.165, 1.54) is 6.07 Å². The highest BCUT2D eigenvalue weighted by molar-refractivity contribution is 14.1. The normalized spacial score (nSPS) is 11.6. The Morgan fingerprint density at radius 1 is 1.50 bits per heavy atom. The molecule has 2 aromatic rings. The average Bonchev–Trinajstić information content (AvgIpc) is 2.62. The largest absolute Gasteiger partial charge is 0.369 e. The molecule has 18 heavy (non-hydrogen) atoms.